The Kier molecular flexibility index (Phi) is 4.18. The molecule has 2 heterocycles. The summed E-state index contributed by atoms with van der Waals surface area (Å²) in [5.74, 6) is 0. The first-order chi connectivity index (χ1) is 8.24. The minimum absolute atomic E-state index is 0.896. The van der Waals surface area contributed by atoms with Crippen LogP contribution in [-0.4, -0.2) is 34.1 Å². The average Bonchev–Trinajstić information content (AvgIpc) is 2.73. The Labute approximate surface area is 111 Å². The van der Waals surface area contributed by atoms with E-state index in [1.807, 2.05) is 6.07 Å². The highest BCUT2D eigenvalue weighted by Crippen LogP contribution is 2.16. The number of likely N-dealkylation sites (N-methyl/N-ethyl adjacent to an activating group) is 1. The number of aromatic nitrogens is 2. The summed E-state index contributed by atoms with van der Waals surface area (Å²) in [4.78, 5) is 6.95. The Morgan fingerprint density at radius 2 is 2.00 bits per heavy atom. The Bertz CT molecular complexity index is 488. The molecule has 4 heteroatoms. The van der Waals surface area contributed by atoms with Crippen LogP contribution < -0.4 is 0 Å². The number of rotatable bonds is 5. The van der Waals surface area contributed by atoms with E-state index in [2.05, 4.69) is 62.6 Å². The van der Waals surface area contributed by atoms with E-state index in [0.29, 0.717) is 0 Å². The van der Waals surface area contributed by atoms with E-state index < -0.39 is 0 Å². The van der Waals surface area contributed by atoms with Gasteiger partial charge in [-0.15, -0.1) is 0 Å². The van der Waals surface area contributed by atoms with Gasteiger partial charge in [0.2, 0.25) is 0 Å². The fourth-order valence-corrected chi connectivity index (χ4v) is 2.31. The molecule has 2 aromatic heterocycles. The van der Waals surface area contributed by atoms with Gasteiger partial charge in [0, 0.05) is 24.7 Å². The second-order valence-electron chi connectivity index (χ2n) is 4.08. The molecule has 0 aliphatic heterocycles. The Morgan fingerprint density at radius 1 is 1.24 bits per heavy atom. The van der Waals surface area contributed by atoms with Gasteiger partial charge in [0.25, 0.3) is 0 Å². The van der Waals surface area contributed by atoms with Crippen LogP contribution in [0.25, 0.3) is 11.0 Å². The van der Waals surface area contributed by atoms with Crippen molar-refractivity contribution in [2.24, 2.45) is 0 Å². The number of pyridine rings is 1. The van der Waals surface area contributed by atoms with Crippen molar-refractivity contribution in [1.29, 1.82) is 0 Å². The van der Waals surface area contributed by atoms with E-state index in [-0.39, 0.29) is 0 Å². The third-order valence-electron chi connectivity index (χ3n) is 3.13. The molecule has 2 rings (SSSR count). The van der Waals surface area contributed by atoms with Crippen molar-refractivity contribution in [2.45, 2.75) is 20.4 Å². The van der Waals surface area contributed by atoms with E-state index in [4.69, 9.17) is 0 Å². The Hall–Kier alpha value is -0.870. The van der Waals surface area contributed by atoms with Gasteiger partial charge in [-0.1, -0.05) is 13.8 Å². The number of hydrogen-bond acceptors (Lipinski definition) is 2. The highest BCUT2D eigenvalue weighted by atomic mass is 79.9. The zero-order chi connectivity index (χ0) is 12.3. The second-order valence-corrected chi connectivity index (χ2v) is 4.90. The van der Waals surface area contributed by atoms with Gasteiger partial charge in [-0.3, -0.25) is 0 Å². The quantitative estimate of drug-likeness (QED) is 0.790. The van der Waals surface area contributed by atoms with Gasteiger partial charge in [-0.2, -0.15) is 0 Å². The summed E-state index contributed by atoms with van der Waals surface area (Å²) in [7, 11) is 0. The van der Waals surface area contributed by atoms with Crippen molar-refractivity contribution in [1.82, 2.24) is 14.5 Å². The van der Waals surface area contributed by atoms with Gasteiger partial charge < -0.3 is 9.47 Å². The molecule has 0 N–H and O–H groups in total. The molecule has 0 saturated carbocycles. The lowest BCUT2D eigenvalue weighted by Gasteiger charge is -2.18. The summed E-state index contributed by atoms with van der Waals surface area (Å²) < 4.78 is 3.12. The molecule has 0 fully saturated rings. The lowest BCUT2D eigenvalue weighted by molar-refractivity contribution is 0.292. The highest BCUT2D eigenvalue weighted by molar-refractivity contribution is 9.10. The number of halogens is 1. The lowest BCUT2D eigenvalue weighted by Crippen LogP contribution is -2.26. The fraction of sp³-hybridized carbons (Fsp3) is 0.462. The monoisotopic (exact) mass is 295 g/mol. The summed E-state index contributed by atoms with van der Waals surface area (Å²) in [5.41, 5.74) is 1.06. The van der Waals surface area contributed by atoms with Crippen molar-refractivity contribution >= 4 is 27.0 Å². The van der Waals surface area contributed by atoms with Gasteiger partial charge in [0.15, 0.2) is 0 Å². The Morgan fingerprint density at radius 3 is 2.71 bits per heavy atom. The molecule has 0 spiro atoms. The smallest absolute Gasteiger partial charge is 0.141 e. The fourth-order valence-electron chi connectivity index (χ4n) is 2.01. The van der Waals surface area contributed by atoms with Crippen molar-refractivity contribution in [3.8, 4) is 0 Å². The van der Waals surface area contributed by atoms with Crippen molar-refractivity contribution in [3.05, 3.63) is 29.0 Å². The van der Waals surface area contributed by atoms with Gasteiger partial charge >= 0.3 is 0 Å². The molecule has 2 aromatic rings. The minimum Gasteiger partial charge on any atom is -0.331 e. The first-order valence-electron chi connectivity index (χ1n) is 6.08. The number of fused-ring (bicyclic) bond motifs is 1. The van der Waals surface area contributed by atoms with E-state index >= 15 is 0 Å². The number of nitrogens with zero attached hydrogens (tertiary/aromatic N) is 3. The first-order valence-corrected chi connectivity index (χ1v) is 6.87. The molecule has 0 amide bonds. The molecule has 0 aliphatic rings. The van der Waals surface area contributed by atoms with E-state index in [9.17, 15) is 0 Å². The molecule has 0 aliphatic carbocycles. The average molecular weight is 296 g/mol. The van der Waals surface area contributed by atoms with Gasteiger partial charge in [-0.05, 0) is 47.2 Å². The maximum atomic E-state index is 4.53. The molecule has 92 valence electrons. The van der Waals surface area contributed by atoms with Crippen molar-refractivity contribution < 1.29 is 0 Å². The zero-order valence-electron chi connectivity index (χ0n) is 10.4. The SMILES string of the molecule is CCN(CC)CCn1ccc2ccc(Br)nc21. The molecule has 0 atom stereocenters. The molecular formula is C13H18BrN3. The van der Waals surface area contributed by atoms with Crippen LogP contribution in [0.2, 0.25) is 0 Å². The largest absolute Gasteiger partial charge is 0.331 e. The molecule has 0 radical (unpaired) electrons. The molecule has 0 saturated heterocycles. The third kappa shape index (κ3) is 2.87. The first kappa shape index (κ1) is 12.6. The summed E-state index contributed by atoms with van der Waals surface area (Å²) in [6, 6.07) is 6.20. The van der Waals surface area contributed by atoms with Gasteiger partial charge in [-0.25, -0.2) is 4.98 Å². The molecule has 3 nitrogen and oxygen atoms in total. The molecule has 0 bridgehead atoms. The summed E-state index contributed by atoms with van der Waals surface area (Å²) in [6.07, 6.45) is 2.12. The van der Waals surface area contributed by atoms with Gasteiger partial charge in [0.1, 0.15) is 10.3 Å². The van der Waals surface area contributed by atoms with Crippen LogP contribution in [0.1, 0.15) is 13.8 Å². The Balaban J connectivity index is 2.16. The maximum absolute atomic E-state index is 4.53. The summed E-state index contributed by atoms with van der Waals surface area (Å²) >= 11 is 3.42. The van der Waals surface area contributed by atoms with Crippen LogP contribution in [0.15, 0.2) is 29.0 Å². The topological polar surface area (TPSA) is 21.1 Å². The van der Waals surface area contributed by atoms with Crippen molar-refractivity contribution in [2.75, 3.05) is 19.6 Å². The van der Waals surface area contributed by atoms with E-state index in [0.717, 1.165) is 36.4 Å². The third-order valence-corrected chi connectivity index (χ3v) is 3.57. The lowest BCUT2D eigenvalue weighted by atomic mass is 10.3. The molecule has 0 aromatic carbocycles. The summed E-state index contributed by atoms with van der Waals surface area (Å²) in [5, 5.41) is 1.20. The van der Waals surface area contributed by atoms with Gasteiger partial charge in [0.05, 0.1) is 0 Å². The minimum atomic E-state index is 0.896. The van der Waals surface area contributed by atoms with E-state index in [1.165, 1.54) is 5.39 Å². The maximum Gasteiger partial charge on any atom is 0.141 e. The predicted octanol–water partition coefficient (Wildman–Crippen LogP) is 3.14. The highest BCUT2D eigenvalue weighted by Gasteiger charge is 2.04. The van der Waals surface area contributed by atoms with Crippen molar-refractivity contribution in [3.63, 3.8) is 0 Å². The standard InChI is InChI=1S/C13H18BrN3/c1-3-16(4-2)9-10-17-8-7-11-5-6-12(14)15-13(11)17/h5-8H,3-4,9-10H2,1-2H3. The second kappa shape index (κ2) is 5.65. The van der Waals surface area contributed by atoms with Crippen LogP contribution in [0.4, 0.5) is 0 Å². The van der Waals surface area contributed by atoms with Crippen LogP contribution in [0, 0.1) is 0 Å². The zero-order valence-corrected chi connectivity index (χ0v) is 11.9. The number of hydrogen-bond donors (Lipinski definition) is 0. The normalized spacial score (nSPS) is 11.5. The molecular weight excluding hydrogens is 278 g/mol. The van der Waals surface area contributed by atoms with Crippen LogP contribution in [0.5, 0.6) is 0 Å². The summed E-state index contributed by atoms with van der Waals surface area (Å²) in [6.45, 7) is 8.68. The predicted molar refractivity (Wildman–Crippen MR) is 75.2 cm³/mol. The van der Waals surface area contributed by atoms with Crippen LogP contribution in [0.3, 0.4) is 0 Å². The van der Waals surface area contributed by atoms with Crippen LogP contribution in [-0.2, 0) is 6.54 Å². The van der Waals surface area contributed by atoms with Crippen LogP contribution >= 0.6 is 15.9 Å². The van der Waals surface area contributed by atoms with E-state index in [1.54, 1.807) is 0 Å². The molecule has 0 unspecified atom stereocenters. The molecule has 17 heavy (non-hydrogen) atoms.